The molecule has 3 nitrogen and oxygen atoms in total. The summed E-state index contributed by atoms with van der Waals surface area (Å²) in [6.07, 6.45) is 0.865. The van der Waals surface area contributed by atoms with E-state index >= 15 is 0 Å². The molecule has 0 fully saturated rings. The minimum Gasteiger partial charge on any atom is -0.206 e. The second-order valence-corrected chi connectivity index (χ2v) is 8.27. The quantitative estimate of drug-likeness (QED) is 0.810. The molecule has 0 saturated carbocycles. The maximum absolute atomic E-state index is 12.7. The Morgan fingerprint density at radius 3 is 2.38 bits per heavy atom. The van der Waals surface area contributed by atoms with Crippen LogP contribution < -0.4 is 0 Å². The molecule has 1 aromatic heterocycles. The Hall–Kier alpha value is -1.17. The zero-order valence-corrected chi connectivity index (χ0v) is 14.3. The molecule has 5 heteroatoms. The number of hydrogen-bond donors (Lipinski definition) is 0. The van der Waals surface area contributed by atoms with Crippen LogP contribution in [0.5, 0.6) is 0 Å². The molecule has 114 valence electrons. The molecule has 0 amide bonds. The molecule has 0 aliphatic rings. The summed E-state index contributed by atoms with van der Waals surface area (Å²) in [7, 11) is -3.40. The Morgan fingerprint density at radius 1 is 1.10 bits per heavy atom. The lowest BCUT2D eigenvalue weighted by Crippen LogP contribution is -2.30. The van der Waals surface area contributed by atoms with Gasteiger partial charge in [-0.15, -0.1) is 11.3 Å². The second kappa shape index (κ2) is 6.73. The van der Waals surface area contributed by atoms with Crippen LogP contribution in [0.4, 0.5) is 0 Å². The van der Waals surface area contributed by atoms with Gasteiger partial charge < -0.3 is 0 Å². The smallest absolute Gasteiger partial charge is 0.206 e. The lowest BCUT2D eigenvalue weighted by Gasteiger charge is -2.20. The topological polar surface area (TPSA) is 37.4 Å². The number of sulfonamides is 1. The number of hydrogen-bond acceptors (Lipinski definition) is 3. The summed E-state index contributed by atoms with van der Waals surface area (Å²) in [6.45, 7) is 6.81. The first-order valence-corrected chi connectivity index (χ1v) is 9.38. The van der Waals surface area contributed by atoms with E-state index < -0.39 is 10.0 Å². The second-order valence-electron chi connectivity index (χ2n) is 4.93. The van der Waals surface area contributed by atoms with E-state index in [0.717, 1.165) is 22.4 Å². The van der Waals surface area contributed by atoms with E-state index in [2.05, 4.69) is 0 Å². The predicted octanol–water partition coefficient (Wildman–Crippen LogP) is 3.83. The number of thiophene rings is 1. The van der Waals surface area contributed by atoms with Crippen LogP contribution in [0.1, 0.15) is 29.9 Å². The zero-order valence-electron chi connectivity index (χ0n) is 12.7. The van der Waals surface area contributed by atoms with Gasteiger partial charge in [-0.3, -0.25) is 0 Å². The molecule has 0 saturated heterocycles. The first-order chi connectivity index (χ1) is 9.98. The first-order valence-electron chi connectivity index (χ1n) is 7.12. The molecule has 0 aliphatic carbocycles. The molecule has 21 heavy (non-hydrogen) atoms. The van der Waals surface area contributed by atoms with Crippen LogP contribution in [0.15, 0.2) is 40.6 Å². The van der Waals surface area contributed by atoms with Gasteiger partial charge in [-0.05, 0) is 36.6 Å². The molecule has 0 bridgehead atoms. The van der Waals surface area contributed by atoms with Crippen LogP contribution >= 0.6 is 11.3 Å². The van der Waals surface area contributed by atoms with Gasteiger partial charge in [-0.2, -0.15) is 4.31 Å². The van der Waals surface area contributed by atoms with Gasteiger partial charge in [0.25, 0.3) is 10.0 Å². The summed E-state index contributed by atoms with van der Waals surface area (Å²) in [5, 5.41) is 0. The Bertz CT molecular complexity index is 705. The summed E-state index contributed by atoms with van der Waals surface area (Å²) in [5.74, 6) is 0. The van der Waals surface area contributed by atoms with Gasteiger partial charge in [0.1, 0.15) is 4.21 Å². The Morgan fingerprint density at radius 2 is 1.81 bits per heavy atom. The van der Waals surface area contributed by atoms with Crippen molar-refractivity contribution in [2.75, 3.05) is 6.54 Å². The number of aryl methyl sites for hydroxylation is 2. The average molecular weight is 323 g/mol. The van der Waals surface area contributed by atoms with Gasteiger partial charge in [-0.1, -0.05) is 38.1 Å². The summed E-state index contributed by atoms with van der Waals surface area (Å²) in [4.78, 5) is 1.10. The van der Waals surface area contributed by atoms with Crippen molar-refractivity contribution in [1.82, 2.24) is 4.31 Å². The third-order valence-corrected chi connectivity index (χ3v) is 7.16. The molecular weight excluding hydrogens is 302 g/mol. The minimum absolute atomic E-state index is 0.421. The van der Waals surface area contributed by atoms with E-state index in [4.69, 9.17) is 0 Å². The van der Waals surface area contributed by atoms with Crippen LogP contribution in [0.3, 0.4) is 0 Å². The summed E-state index contributed by atoms with van der Waals surface area (Å²) < 4.78 is 27.5. The predicted molar refractivity (Wildman–Crippen MR) is 88.1 cm³/mol. The molecule has 0 N–H and O–H groups in total. The van der Waals surface area contributed by atoms with Crippen LogP contribution in [0, 0.1) is 6.92 Å². The highest BCUT2D eigenvalue weighted by Crippen LogP contribution is 2.26. The molecule has 0 unspecified atom stereocenters. The maximum Gasteiger partial charge on any atom is 0.252 e. The summed E-state index contributed by atoms with van der Waals surface area (Å²) >= 11 is 1.37. The zero-order chi connectivity index (χ0) is 15.5. The third-order valence-electron chi connectivity index (χ3n) is 3.54. The monoisotopic (exact) mass is 323 g/mol. The standard InChI is InChI=1S/C16H21NO2S2/c1-4-15-10-11-16(20-15)21(18,19)17(5-2)12-14-9-7-6-8-13(14)3/h6-11H,4-5,12H2,1-3H3. The Kier molecular flexibility index (Phi) is 5.19. The van der Waals surface area contributed by atoms with E-state index in [0.29, 0.717) is 17.3 Å². The van der Waals surface area contributed by atoms with Gasteiger partial charge in [0.05, 0.1) is 0 Å². The number of benzene rings is 1. The third kappa shape index (κ3) is 3.54. The average Bonchev–Trinajstić information content (AvgIpc) is 2.96. The van der Waals surface area contributed by atoms with E-state index in [1.165, 1.54) is 11.3 Å². The van der Waals surface area contributed by atoms with Crippen molar-refractivity contribution in [3.05, 3.63) is 52.4 Å². The largest absolute Gasteiger partial charge is 0.252 e. The lowest BCUT2D eigenvalue weighted by atomic mass is 10.1. The molecule has 0 radical (unpaired) electrons. The molecule has 2 aromatic rings. The van der Waals surface area contributed by atoms with E-state index in [-0.39, 0.29) is 0 Å². The van der Waals surface area contributed by atoms with Crippen LogP contribution in [0.25, 0.3) is 0 Å². The Labute approximate surface area is 131 Å². The first kappa shape index (κ1) is 16.2. The number of rotatable bonds is 6. The van der Waals surface area contributed by atoms with Crippen molar-refractivity contribution in [1.29, 1.82) is 0 Å². The summed E-state index contributed by atoms with van der Waals surface area (Å²) in [6, 6.07) is 11.5. The van der Waals surface area contributed by atoms with Crippen molar-refractivity contribution >= 4 is 21.4 Å². The van der Waals surface area contributed by atoms with Crippen molar-refractivity contribution in [2.24, 2.45) is 0 Å². The fourth-order valence-corrected chi connectivity index (χ4v) is 5.04. The molecule has 1 aromatic carbocycles. The molecule has 2 rings (SSSR count). The fraction of sp³-hybridized carbons (Fsp3) is 0.375. The van der Waals surface area contributed by atoms with E-state index in [1.54, 1.807) is 10.4 Å². The molecule has 0 spiro atoms. The SMILES string of the molecule is CCc1ccc(S(=O)(=O)N(CC)Cc2ccccc2C)s1. The van der Waals surface area contributed by atoms with Gasteiger partial charge in [0.15, 0.2) is 0 Å². The van der Waals surface area contributed by atoms with E-state index in [9.17, 15) is 8.42 Å². The highest BCUT2D eigenvalue weighted by Gasteiger charge is 2.25. The van der Waals surface area contributed by atoms with Crippen LogP contribution in [-0.2, 0) is 23.0 Å². The van der Waals surface area contributed by atoms with Gasteiger partial charge in [0.2, 0.25) is 0 Å². The lowest BCUT2D eigenvalue weighted by molar-refractivity contribution is 0.424. The van der Waals surface area contributed by atoms with Gasteiger partial charge in [0, 0.05) is 18.0 Å². The van der Waals surface area contributed by atoms with Crippen molar-refractivity contribution in [3.8, 4) is 0 Å². The van der Waals surface area contributed by atoms with Gasteiger partial charge >= 0.3 is 0 Å². The molecule has 0 aliphatic heterocycles. The fourth-order valence-electron chi connectivity index (χ4n) is 2.16. The molecule has 1 heterocycles. The van der Waals surface area contributed by atoms with Crippen molar-refractivity contribution < 1.29 is 8.42 Å². The highest BCUT2D eigenvalue weighted by atomic mass is 32.2. The van der Waals surface area contributed by atoms with Crippen LogP contribution in [-0.4, -0.2) is 19.3 Å². The maximum atomic E-state index is 12.7. The number of nitrogens with zero attached hydrogens (tertiary/aromatic N) is 1. The van der Waals surface area contributed by atoms with Gasteiger partial charge in [-0.25, -0.2) is 8.42 Å². The minimum atomic E-state index is -3.40. The van der Waals surface area contributed by atoms with Crippen molar-refractivity contribution in [3.63, 3.8) is 0 Å². The van der Waals surface area contributed by atoms with Crippen LogP contribution in [0.2, 0.25) is 0 Å². The molecular formula is C16H21NO2S2. The van der Waals surface area contributed by atoms with E-state index in [1.807, 2.05) is 51.1 Å². The highest BCUT2D eigenvalue weighted by molar-refractivity contribution is 7.91. The molecule has 0 atom stereocenters. The summed E-state index contributed by atoms with van der Waals surface area (Å²) in [5.41, 5.74) is 2.17. The normalized spacial score (nSPS) is 12.0. The Balaban J connectivity index is 2.30. The van der Waals surface area contributed by atoms with Crippen molar-refractivity contribution in [2.45, 2.75) is 37.9 Å².